The van der Waals surface area contributed by atoms with Gasteiger partial charge in [-0.25, -0.2) is 0 Å². The molecule has 0 aliphatic carbocycles. The van der Waals surface area contributed by atoms with Crippen LogP contribution in [0.3, 0.4) is 0 Å². The summed E-state index contributed by atoms with van der Waals surface area (Å²) in [5, 5.41) is 35.0. The van der Waals surface area contributed by atoms with Crippen LogP contribution in [0.5, 0.6) is 0 Å². The summed E-state index contributed by atoms with van der Waals surface area (Å²) in [6, 6.07) is 0. The van der Waals surface area contributed by atoms with E-state index in [9.17, 15) is 0 Å². The van der Waals surface area contributed by atoms with E-state index in [1.165, 1.54) is 0 Å². The molecule has 0 amide bonds. The topological polar surface area (TPSA) is 101 Å². The average molecular weight is 344 g/mol. The van der Waals surface area contributed by atoms with Gasteiger partial charge in [0, 0.05) is 56.6 Å². The Bertz CT molecular complexity index is 14.8. The van der Waals surface area contributed by atoms with Crippen LogP contribution in [0.15, 0.2) is 0 Å². The van der Waals surface area contributed by atoms with Crippen LogP contribution in [0.25, 0.3) is 0 Å². The molecule has 0 aromatic rings. The normalized spacial score (nSPS) is 2.73. The van der Waals surface area contributed by atoms with Crippen molar-refractivity contribution in [2.45, 2.75) is 0 Å². The molecule has 76 valence electrons. The zero-order valence-electron chi connectivity index (χ0n) is 7.64. The molecule has 0 atom stereocenters. The fraction of sp³-hybridized carbons (Fsp3) is 1.00. The molecule has 0 saturated heterocycles. The van der Waals surface area contributed by atoms with Gasteiger partial charge in [-0.2, -0.15) is 0 Å². The van der Waals surface area contributed by atoms with E-state index in [0.29, 0.717) is 0 Å². The van der Waals surface area contributed by atoms with Gasteiger partial charge in [-0.15, -0.1) is 0 Å². The van der Waals surface area contributed by atoms with Crippen LogP contribution in [0.4, 0.5) is 0 Å². The van der Waals surface area contributed by atoms with Crippen molar-refractivity contribution in [3.8, 4) is 0 Å². The van der Waals surface area contributed by atoms with Crippen LogP contribution < -0.4 is 0 Å². The Morgan fingerprint density at radius 1 is 0.364 bits per heavy atom. The minimum absolute atomic E-state index is 0. The molecular weight excluding hydrogens is 324 g/mol. The molecule has 5 N–H and O–H groups in total. The van der Waals surface area contributed by atoms with Gasteiger partial charge < -0.3 is 25.5 Å². The average Bonchev–Trinajstić information content (AvgIpc) is 2.20. The van der Waals surface area contributed by atoms with E-state index in [1.54, 1.807) is 0 Å². The Kier molecular flexibility index (Phi) is 15100. The third-order valence-electron chi connectivity index (χ3n) is 0. The van der Waals surface area contributed by atoms with E-state index in [4.69, 9.17) is 25.5 Å². The van der Waals surface area contributed by atoms with Crippen LogP contribution in [0.2, 0.25) is 0 Å². The second-order valence-electron chi connectivity index (χ2n) is 0. The number of aliphatic hydroxyl groups excluding tert-OH is 5. The second-order valence-corrected chi connectivity index (χ2v) is 0. The maximum atomic E-state index is 7.00. The monoisotopic (exact) mass is 344 g/mol. The van der Waals surface area contributed by atoms with Gasteiger partial charge in [0.25, 0.3) is 0 Å². The van der Waals surface area contributed by atoms with Gasteiger partial charge in [-0.3, -0.25) is 0 Å². The zero-order valence-corrected chi connectivity index (χ0v) is 10.6. The first-order chi connectivity index (χ1) is 5.00. The van der Waals surface area contributed by atoms with E-state index >= 15 is 0 Å². The fourth-order valence-electron chi connectivity index (χ4n) is 0. The third kappa shape index (κ3) is 3170. The quantitative estimate of drug-likeness (QED) is 0.351. The Balaban J connectivity index is -0.00000000694. The smallest absolute Gasteiger partial charge is 0.0319 e. The Labute approximate surface area is 82.6 Å². The molecule has 0 aliphatic heterocycles. The maximum Gasteiger partial charge on any atom is 0.0319 e. The first-order valence-electron chi connectivity index (χ1n) is 2.24. The Morgan fingerprint density at radius 2 is 0.364 bits per heavy atom. The van der Waals surface area contributed by atoms with Crippen LogP contribution in [-0.2, 0) is 21.1 Å². The molecule has 0 bridgehead atoms. The summed E-state index contributed by atoms with van der Waals surface area (Å²) >= 11 is 0. The summed E-state index contributed by atoms with van der Waals surface area (Å²) in [5.74, 6) is 0. The molecule has 0 aromatic carbocycles. The van der Waals surface area contributed by atoms with Crippen LogP contribution in [0, 0.1) is 0 Å². The van der Waals surface area contributed by atoms with E-state index in [-0.39, 0.29) is 21.1 Å². The van der Waals surface area contributed by atoms with Crippen molar-refractivity contribution in [3.63, 3.8) is 0 Å². The standard InChI is InChI=1S/5CH4O.W/c5*1-2;/h5*2H,1H3;. The molecule has 0 heterocycles. The molecule has 0 spiro atoms. The van der Waals surface area contributed by atoms with E-state index in [1.807, 2.05) is 0 Å². The molecule has 11 heavy (non-hydrogen) atoms. The number of rotatable bonds is 0. The summed E-state index contributed by atoms with van der Waals surface area (Å²) in [6.07, 6.45) is 0. The molecule has 0 saturated carbocycles. The minimum Gasteiger partial charge on any atom is -0.400 e. The van der Waals surface area contributed by atoms with Crippen LogP contribution in [-0.4, -0.2) is 61.1 Å². The predicted octanol–water partition coefficient (Wildman–Crippen LogP) is -1.96. The van der Waals surface area contributed by atoms with Crippen molar-refractivity contribution in [2.75, 3.05) is 35.5 Å². The van der Waals surface area contributed by atoms with Crippen LogP contribution in [0.1, 0.15) is 0 Å². The van der Waals surface area contributed by atoms with Gasteiger partial charge in [-0.1, -0.05) is 0 Å². The van der Waals surface area contributed by atoms with Gasteiger partial charge >= 0.3 is 0 Å². The molecular formula is C5H20O5W. The van der Waals surface area contributed by atoms with Crippen molar-refractivity contribution in [1.29, 1.82) is 0 Å². The molecule has 5 nitrogen and oxygen atoms in total. The summed E-state index contributed by atoms with van der Waals surface area (Å²) in [6.45, 7) is 0. The van der Waals surface area contributed by atoms with Crippen molar-refractivity contribution < 1.29 is 46.6 Å². The summed E-state index contributed by atoms with van der Waals surface area (Å²) < 4.78 is 0. The zero-order chi connectivity index (χ0) is 10.0. The third-order valence-corrected chi connectivity index (χ3v) is 0. The maximum absolute atomic E-state index is 7.00. The van der Waals surface area contributed by atoms with Crippen LogP contribution >= 0.6 is 0 Å². The SMILES string of the molecule is CO.CO.CO.CO.CO.[W]. The summed E-state index contributed by atoms with van der Waals surface area (Å²) in [5.41, 5.74) is 0. The molecule has 0 unspecified atom stereocenters. The molecule has 6 heteroatoms. The van der Waals surface area contributed by atoms with E-state index in [2.05, 4.69) is 0 Å². The van der Waals surface area contributed by atoms with Crippen molar-refractivity contribution in [1.82, 2.24) is 0 Å². The van der Waals surface area contributed by atoms with Gasteiger partial charge in [0.1, 0.15) is 0 Å². The van der Waals surface area contributed by atoms with Crippen molar-refractivity contribution in [2.24, 2.45) is 0 Å². The van der Waals surface area contributed by atoms with Gasteiger partial charge in [-0.05, 0) is 0 Å². The molecule has 0 rings (SSSR count). The fourth-order valence-corrected chi connectivity index (χ4v) is 0. The largest absolute Gasteiger partial charge is 0.400 e. The molecule has 0 aliphatic rings. The second kappa shape index (κ2) is 3960. The Morgan fingerprint density at radius 3 is 0.364 bits per heavy atom. The predicted molar refractivity (Wildman–Crippen MR) is 40.7 cm³/mol. The number of aliphatic hydroxyl groups is 5. The summed E-state index contributed by atoms with van der Waals surface area (Å²) in [4.78, 5) is 0. The number of hydrogen-bond acceptors (Lipinski definition) is 5. The van der Waals surface area contributed by atoms with Gasteiger partial charge in [0.2, 0.25) is 0 Å². The molecule has 0 aromatic heterocycles. The first-order valence-corrected chi connectivity index (χ1v) is 2.24. The van der Waals surface area contributed by atoms with E-state index < -0.39 is 0 Å². The molecule has 0 radical (unpaired) electrons. The minimum atomic E-state index is 0. The van der Waals surface area contributed by atoms with Crippen molar-refractivity contribution in [3.05, 3.63) is 0 Å². The Hall–Kier alpha value is 0.488. The molecule has 0 fully saturated rings. The number of hydrogen-bond donors (Lipinski definition) is 5. The van der Waals surface area contributed by atoms with E-state index in [0.717, 1.165) is 35.5 Å². The van der Waals surface area contributed by atoms with Crippen molar-refractivity contribution >= 4 is 0 Å². The summed E-state index contributed by atoms with van der Waals surface area (Å²) in [7, 11) is 5.00. The first kappa shape index (κ1) is 42.0. The van der Waals surface area contributed by atoms with Gasteiger partial charge in [0.15, 0.2) is 0 Å². The van der Waals surface area contributed by atoms with Gasteiger partial charge in [0.05, 0.1) is 0 Å².